The highest BCUT2D eigenvalue weighted by molar-refractivity contribution is 8.70. The zero-order chi connectivity index (χ0) is 7.98. The SMILES string of the molecule is CCC=C(SS)C(C)CC. The van der Waals surface area contributed by atoms with E-state index in [1.807, 2.05) is 0 Å². The molecule has 0 saturated carbocycles. The highest BCUT2D eigenvalue weighted by Crippen LogP contribution is 2.29. The van der Waals surface area contributed by atoms with E-state index < -0.39 is 0 Å². The van der Waals surface area contributed by atoms with Crippen LogP contribution in [0.5, 0.6) is 0 Å². The maximum absolute atomic E-state index is 4.19. The highest BCUT2D eigenvalue weighted by Gasteiger charge is 2.03. The van der Waals surface area contributed by atoms with Gasteiger partial charge in [-0.25, -0.2) is 0 Å². The van der Waals surface area contributed by atoms with Crippen LogP contribution in [0.4, 0.5) is 0 Å². The Morgan fingerprint density at radius 3 is 2.50 bits per heavy atom. The molecule has 0 aliphatic carbocycles. The van der Waals surface area contributed by atoms with Gasteiger partial charge in [0.2, 0.25) is 0 Å². The molecular formula is C8H16S2. The first kappa shape index (κ1) is 10.4. The van der Waals surface area contributed by atoms with Gasteiger partial charge in [0, 0.05) is 0 Å². The Balaban J connectivity index is 3.92. The van der Waals surface area contributed by atoms with Gasteiger partial charge in [-0.3, -0.25) is 0 Å². The Bertz CT molecular complexity index is 108. The monoisotopic (exact) mass is 176 g/mol. The second-order valence-corrected chi connectivity index (χ2v) is 3.62. The fourth-order valence-electron chi connectivity index (χ4n) is 0.731. The van der Waals surface area contributed by atoms with E-state index in [2.05, 4.69) is 38.5 Å². The van der Waals surface area contributed by atoms with E-state index in [-0.39, 0.29) is 0 Å². The summed E-state index contributed by atoms with van der Waals surface area (Å²) in [6, 6.07) is 0. The lowest BCUT2D eigenvalue weighted by Crippen LogP contribution is -1.91. The first-order chi connectivity index (χ1) is 4.76. The van der Waals surface area contributed by atoms with E-state index >= 15 is 0 Å². The predicted molar refractivity (Wildman–Crippen MR) is 54.4 cm³/mol. The van der Waals surface area contributed by atoms with Crippen LogP contribution in [0.3, 0.4) is 0 Å². The van der Waals surface area contributed by atoms with Crippen LogP contribution in [0, 0.1) is 5.92 Å². The largest absolute Gasteiger partial charge is 0.106 e. The molecule has 0 aliphatic heterocycles. The summed E-state index contributed by atoms with van der Waals surface area (Å²) in [6.45, 7) is 6.61. The lowest BCUT2D eigenvalue weighted by atomic mass is 10.1. The lowest BCUT2D eigenvalue weighted by molar-refractivity contribution is 0.685. The molecule has 10 heavy (non-hydrogen) atoms. The minimum atomic E-state index is 0.683. The van der Waals surface area contributed by atoms with Crippen molar-refractivity contribution in [3.8, 4) is 0 Å². The summed E-state index contributed by atoms with van der Waals surface area (Å²) in [5.41, 5.74) is 0. The molecule has 0 aromatic rings. The van der Waals surface area contributed by atoms with Crippen LogP contribution in [-0.2, 0) is 0 Å². The van der Waals surface area contributed by atoms with E-state index in [1.165, 1.54) is 11.3 Å². The molecule has 0 spiro atoms. The summed E-state index contributed by atoms with van der Waals surface area (Å²) in [5, 5.41) is 0. The average Bonchev–Trinajstić information content (AvgIpc) is 1.99. The van der Waals surface area contributed by atoms with Crippen molar-refractivity contribution in [1.29, 1.82) is 0 Å². The third kappa shape index (κ3) is 3.57. The van der Waals surface area contributed by atoms with E-state index in [1.54, 1.807) is 10.8 Å². The normalized spacial score (nSPS) is 15.4. The molecule has 0 aliphatic rings. The van der Waals surface area contributed by atoms with Gasteiger partial charge < -0.3 is 0 Å². The first-order valence-electron chi connectivity index (χ1n) is 3.77. The van der Waals surface area contributed by atoms with Gasteiger partial charge in [0.05, 0.1) is 0 Å². The highest BCUT2D eigenvalue weighted by atomic mass is 33.1. The molecule has 0 aromatic heterocycles. The van der Waals surface area contributed by atoms with Crippen LogP contribution in [0.1, 0.15) is 33.6 Å². The minimum absolute atomic E-state index is 0.683. The summed E-state index contributed by atoms with van der Waals surface area (Å²) in [4.78, 5) is 1.41. The lowest BCUT2D eigenvalue weighted by Gasteiger charge is -2.09. The molecule has 0 nitrogen and oxygen atoms in total. The number of hydrogen-bond donors (Lipinski definition) is 1. The van der Waals surface area contributed by atoms with Crippen molar-refractivity contribution in [1.82, 2.24) is 0 Å². The van der Waals surface area contributed by atoms with Gasteiger partial charge in [0.1, 0.15) is 0 Å². The van der Waals surface area contributed by atoms with Crippen molar-refractivity contribution in [3.05, 3.63) is 11.0 Å². The van der Waals surface area contributed by atoms with Gasteiger partial charge in [0.25, 0.3) is 0 Å². The zero-order valence-corrected chi connectivity index (χ0v) is 8.64. The van der Waals surface area contributed by atoms with Gasteiger partial charge in [0.15, 0.2) is 0 Å². The fourth-order valence-corrected chi connectivity index (χ4v) is 2.08. The van der Waals surface area contributed by atoms with Crippen LogP contribution in [-0.4, -0.2) is 0 Å². The summed E-state index contributed by atoms with van der Waals surface area (Å²) in [6.07, 6.45) is 4.58. The van der Waals surface area contributed by atoms with Crippen molar-refractivity contribution in [2.75, 3.05) is 0 Å². The van der Waals surface area contributed by atoms with Gasteiger partial charge in [-0.05, 0) is 23.7 Å². The van der Waals surface area contributed by atoms with Crippen LogP contribution in [0.25, 0.3) is 0 Å². The second kappa shape index (κ2) is 6.17. The standard InChI is InChI=1S/C8H16S2/c1-4-6-8(10-9)7(3)5-2/h6-7,9H,4-5H2,1-3H3. The van der Waals surface area contributed by atoms with Gasteiger partial charge in [-0.1, -0.05) is 37.6 Å². The molecule has 1 atom stereocenters. The number of rotatable bonds is 4. The molecule has 0 aromatic carbocycles. The quantitative estimate of drug-likeness (QED) is 0.500. The molecule has 0 bridgehead atoms. The Kier molecular flexibility index (Phi) is 6.44. The molecule has 2 heteroatoms. The van der Waals surface area contributed by atoms with Crippen LogP contribution in [0.15, 0.2) is 11.0 Å². The van der Waals surface area contributed by atoms with Gasteiger partial charge in [-0.2, -0.15) is 0 Å². The zero-order valence-electron chi connectivity index (χ0n) is 6.92. The molecule has 0 heterocycles. The van der Waals surface area contributed by atoms with E-state index in [0.717, 1.165) is 6.42 Å². The third-order valence-electron chi connectivity index (χ3n) is 1.61. The minimum Gasteiger partial charge on any atom is -0.106 e. The summed E-state index contributed by atoms with van der Waals surface area (Å²) >= 11 is 4.19. The summed E-state index contributed by atoms with van der Waals surface area (Å²) in [7, 11) is 1.58. The molecule has 0 rings (SSSR count). The van der Waals surface area contributed by atoms with E-state index in [0.29, 0.717) is 5.92 Å². The van der Waals surface area contributed by atoms with Crippen molar-refractivity contribution >= 4 is 22.5 Å². The topological polar surface area (TPSA) is 0 Å². The third-order valence-corrected chi connectivity index (χ3v) is 3.02. The second-order valence-electron chi connectivity index (χ2n) is 2.42. The first-order valence-corrected chi connectivity index (χ1v) is 5.64. The maximum atomic E-state index is 4.19. The molecule has 60 valence electrons. The van der Waals surface area contributed by atoms with Crippen LogP contribution in [0.2, 0.25) is 0 Å². The average molecular weight is 176 g/mol. The van der Waals surface area contributed by atoms with Crippen molar-refractivity contribution in [3.63, 3.8) is 0 Å². The predicted octanol–water partition coefficient (Wildman–Crippen LogP) is 3.90. The maximum Gasteiger partial charge on any atom is -0.00563 e. The Labute approximate surface area is 73.3 Å². The molecule has 1 unspecified atom stereocenters. The molecule has 0 N–H and O–H groups in total. The summed E-state index contributed by atoms with van der Waals surface area (Å²) in [5.74, 6) is 0.683. The Morgan fingerprint density at radius 2 is 2.20 bits per heavy atom. The molecular weight excluding hydrogens is 160 g/mol. The molecule has 0 radical (unpaired) electrons. The molecule has 0 saturated heterocycles. The van der Waals surface area contributed by atoms with E-state index in [9.17, 15) is 0 Å². The van der Waals surface area contributed by atoms with Crippen LogP contribution >= 0.6 is 22.5 Å². The fraction of sp³-hybridized carbons (Fsp3) is 0.750. The van der Waals surface area contributed by atoms with Crippen molar-refractivity contribution in [2.24, 2.45) is 5.92 Å². The smallest absolute Gasteiger partial charge is 0.00563 e. The van der Waals surface area contributed by atoms with Crippen molar-refractivity contribution < 1.29 is 0 Å². The number of thiol groups is 1. The Morgan fingerprint density at radius 1 is 1.60 bits per heavy atom. The summed E-state index contributed by atoms with van der Waals surface area (Å²) < 4.78 is 0. The molecule has 0 amide bonds. The number of hydrogen-bond acceptors (Lipinski definition) is 2. The van der Waals surface area contributed by atoms with Gasteiger partial charge >= 0.3 is 0 Å². The Hall–Kier alpha value is 0.440. The number of allylic oxidation sites excluding steroid dienone is 2. The van der Waals surface area contributed by atoms with E-state index in [4.69, 9.17) is 0 Å². The van der Waals surface area contributed by atoms with Crippen molar-refractivity contribution in [2.45, 2.75) is 33.6 Å². The molecule has 0 fully saturated rings. The van der Waals surface area contributed by atoms with Gasteiger partial charge in [-0.15, -0.1) is 11.7 Å². The van der Waals surface area contributed by atoms with Crippen LogP contribution < -0.4 is 0 Å².